The Labute approximate surface area is 319 Å². The van der Waals surface area contributed by atoms with Gasteiger partial charge in [-0.2, -0.15) is 0 Å². The molecule has 55 heavy (non-hydrogen) atoms. The molecule has 258 valence electrons. The van der Waals surface area contributed by atoms with Crippen LogP contribution in [0.4, 0.5) is 0 Å². The average Bonchev–Trinajstić information content (AvgIpc) is 3.61. The Morgan fingerprint density at radius 1 is 0.255 bits per heavy atom. The summed E-state index contributed by atoms with van der Waals surface area (Å²) in [5.41, 5.74) is 13.2. The average molecular weight is 703 g/mol. The maximum absolute atomic E-state index is 5.07. The fourth-order valence-corrected chi connectivity index (χ4v) is 7.49. The topological polar surface area (TPSA) is 43.6 Å². The molecule has 0 unspecified atom stereocenters. The Kier molecular flexibility index (Phi) is 8.12. The number of aromatic nitrogens is 4. The Balaban J connectivity index is 1.06. The maximum atomic E-state index is 5.07. The zero-order valence-corrected chi connectivity index (χ0v) is 29.9. The molecule has 4 heteroatoms. The predicted molar refractivity (Wildman–Crippen MR) is 227 cm³/mol. The lowest BCUT2D eigenvalue weighted by Gasteiger charge is -2.11. The van der Waals surface area contributed by atoms with E-state index in [1.165, 1.54) is 33.0 Å². The number of hydrogen-bond acceptors (Lipinski definition) is 3. The van der Waals surface area contributed by atoms with Crippen molar-refractivity contribution in [3.8, 4) is 73.2 Å². The van der Waals surface area contributed by atoms with Crippen molar-refractivity contribution in [3.05, 3.63) is 206 Å². The third kappa shape index (κ3) is 6.16. The second kappa shape index (κ2) is 13.8. The Morgan fingerprint density at radius 2 is 0.655 bits per heavy atom. The highest BCUT2D eigenvalue weighted by Crippen LogP contribution is 2.36. The molecule has 0 N–H and O–H groups in total. The molecule has 0 bridgehead atoms. The fraction of sp³-hybridized carbons (Fsp3) is 0. The highest BCUT2D eigenvalue weighted by Gasteiger charge is 2.16. The second-order valence-corrected chi connectivity index (χ2v) is 13.7. The van der Waals surface area contributed by atoms with Gasteiger partial charge in [0, 0.05) is 33.2 Å². The van der Waals surface area contributed by atoms with Crippen LogP contribution in [0.5, 0.6) is 0 Å². The SMILES string of the molecule is c1ccc(-c2ccc(-c3nc(-c4ccccc4)nc(-c4cccc(-c5ccc6c7ccccc7n(-c7ccc(-c8ccccc8)cc7)c6c5)c4)n3)cc2)cc1. The molecule has 0 aliphatic rings. The minimum atomic E-state index is 0.631. The van der Waals surface area contributed by atoms with Gasteiger partial charge in [-0.15, -0.1) is 0 Å². The summed E-state index contributed by atoms with van der Waals surface area (Å²) in [5, 5.41) is 2.45. The lowest BCUT2D eigenvalue weighted by atomic mass is 10.0. The van der Waals surface area contributed by atoms with Crippen molar-refractivity contribution in [2.24, 2.45) is 0 Å². The van der Waals surface area contributed by atoms with E-state index in [4.69, 9.17) is 15.0 Å². The minimum absolute atomic E-state index is 0.631. The minimum Gasteiger partial charge on any atom is -0.309 e. The van der Waals surface area contributed by atoms with E-state index in [2.05, 4.69) is 174 Å². The molecule has 8 aromatic carbocycles. The third-order valence-electron chi connectivity index (χ3n) is 10.3. The van der Waals surface area contributed by atoms with Crippen LogP contribution < -0.4 is 0 Å². The van der Waals surface area contributed by atoms with E-state index >= 15 is 0 Å². The van der Waals surface area contributed by atoms with Crippen LogP contribution >= 0.6 is 0 Å². The summed E-state index contributed by atoms with van der Waals surface area (Å²) < 4.78 is 2.38. The van der Waals surface area contributed by atoms with Gasteiger partial charge in [0.1, 0.15) is 0 Å². The molecule has 0 aliphatic heterocycles. The van der Waals surface area contributed by atoms with Crippen LogP contribution in [0.15, 0.2) is 206 Å². The van der Waals surface area contributed by atoms with Crippen LogP contribution in [0.3, 0.4) is 0 Å². The van der Waals surface area contributed by atoms with Crippen molar-refractivity contribution in [2.75, 3.05) is 0 Å². The van der Waals surface area contributed by atoms with Crippen molar-refractivity contribution in [3.63, 3.8) is 0 Å². The van der Waals surface area contributed by atoms with Gasteiger partial charge in [0.25, 0.3) is 0 Å². The van der Waals surface area contributed by atoms with Gasteiger partial charge in [0.05, 0.1) is 11.0 Å². The first-order valence-electron chi connectivity index (χ1n) is 18.5. The monoisotopic (exact) mass is 702 g/mol. The summed E-state index contributed by atoms with van der Waals surface area (Å²) in [5.74, 6) is 1.91. The molecule has 4 nitrogen and oxygen atoms in total. The standard InChI is InChI=1S/C51H34N4/c1-4-13-35(14-5-1)37-23-25-40(26-24-37)50-52-49(39-17-8-3-9-18-39)53-51(54-50)43-20-12-19-41(33-43)42-29-32-46-45-21-10-11-22-47(45)55(48(46)34-42)44-30-27-38(28-31-44)36-15-6-2-7-16-36/h1-34H. The van der Waals surface area contributed by atoms with Crippen LogP contribution in [0, 0.1) is 0 Å². The number of rotatable bonds is 7. The van der Waals surface area contributed by atoms with Gasteiger partial charge in [-0.25, -0.2) is 15.0 Å². The molecule has 0 aliphatic carbocycles. The van der Waals surface area contributed by atoms with E-state index in [1.54, 1.807) is 0 Å². The number of para-hydroxylation sites is 1. The molecule has 0 amide bonds. The van der Waals surface area contributed by atoms with Crippen LogP contribution in [0.1, 0.15) is 0 Å². The molecule has 0 atom stereocenters. The Hall–Kier alpha value is -7.43. The van der Waals surface area contributed by atoms with Crippen molar-refractivity contribution in [2.45, 2.75) is 0 Å². The first-order valence-corrected chi connectivity index (χ1v) is 18.5. The first-order chi connectivity index (χ1) is 27.2. The molecule has 0 radical (unpaired) electrons. The fourth-order valence-electron chi connectivity index (χ4n) is 7.49. The summed E-state index contributed by atoms with van der Waals surface area (Å²) >= 11 is 0. The maximum Gasteiger partial charge on any atom is 0.164 e. The first kappa shape index (κ1) is 32.2. The van der Waals surface area contributed by atoms with Gasteiger partial charge >= 0.3 is 0 Å². The number of fused-ring (bicyclic) bond motifs is 3. The molecule has 0 saturated heterocycles. The summed E-state index contributed by atoms with van der Waals surface area (Å²) in [7, 11) is 0. The molecule has 0 saturated carbocycles. The van der Waals surface area contributed by atoms with Gasteiger partial charge in [0.15, 0.2) is 17.5 Å². The number of benzene rings is 8. The van der Waals surface area contributed by atoms with Gasteiger partial charge < -0.3 is 4.57 Å². The Morgan fingerprint density at radius 3 is 1.29 bits per heavy atom. The summed E-state index contributed by atoms with van der Waals surface area (Å²) in [6.45, 7) is 0. The number of nitrogens with zero attached hydrogens (tertiary/aromatic N) is 4. The summed E-state index contributed by atoms with van der Waals surface area (Å²) in [6.07, 6.45) is 0. The molecule has 2 heterocycles. The highest BCUT2D eigenvalue weighted by molar-refractivity contribution is 6.10. The normalized spacial score (nSPS) is 11.3. The van der Waals surface area contributed by atoms with Crippen molar-refractivity contribution >= 4 is 21.8 Å². The van der Waals surface area contributed by atoms with E-state index in [0.29, 0.717) is 17.5 Å². The van der Waals surface area contributed by atoms with Crippen molar-refractivity contribution < 1.29 is 0 Å². The van der Waals surface area contributed by atoms with E-state index < -0.39 is 0 Å². The van der Waals surface area contributed by atoms with E-state index in [0.717, 1.165) is 44.6 Å². The smallest absolute Gasteiger partial charge is 0.164 e. The van der Waals surface area contributed by atoms with Crippen LogP contribution in [0.25, 0.3) is 95.0 Å². The summed E-state index contributed by atoms with van der Waals surface area (Å²) in [4.78, 5) is 15.1. The molecule has 0 spiro atoms. The quantitative estimate of drug-likeness (QED) is 0.166. The van der Waals surface area contributed by atoms with Gasteiger partial charge in [-0.1, -0.05) is 176 Å². The molecule has 10 rings (SSSR count). The molecular weight excluding hydrogens is 669 g/mol. The van der Waals surface area contributed by atoms with Gasteiger partial charge in [-0.05, 0) is 63.7 Å². The van der Waals surface area contributed by atoms with Gasteiger partial charge in [0.2, 0.25) is 0 Å². The molecule has 0 fully saturated rings. The second-order valence-electron chi connectivity index (χ2n) is 13.7. The number of hydrogen-bond donors (Lipinski definition) is 0. The Bertz CT molecular complexity index is 2930. The van der Waals surface area contributed by atoms with Crippen LogP contribution in [-0.2, 0) is 0 Å². The zero-order chi connectivity index (χ0) is 36.6. The lowest BCUT2D eigenvalue weighted by molar-refractivity contribution is 1.07. The van der Waals surface area contributed by atoms with E-state index in [1.807, 2.05) is 36.4 Å². The van der Waals surface area contributed by atoms with Crippen molar-refractivity contribution in [1.82, 2.24) is 19.5 Å². The van der Waals surface area contributed by atoms with E-state index in [9.17, 15) is 0 Å². The largest absolute Gasteiger partial charge is 0.309 e. The van der Waals surface area contributed by atoms with Crippen LogP contribution in [-0.4, -0.2) is 19.5 Å². The highest BCUT2D eigenvalue weighted by atomic mass is 15.0. The lowest BCUT2D eigenvalue weighted by Crippen LogP contribution is -2.00. The van der Waals surface area contributed by atoms with Gasteiger partial charge in [-0.3, -0.25) is 0 Å². The molecule has 2 aromatic heterocycles. The molecular formula is C51H34N4. The van der Waals surface area contributed by atoms with Crippen molar-refractivity contribution in [1.29, 1.82) is 0 Å². The predicted octanol–water partition coefficient (Wildman–Crippen LogP) is 13.0. The zero-order valence-electron chi connectivity index (χ0n) is 29.9. The van der Waals surface area contributed by atoms with E-state index in [-0.39, 0.29) is 0 Å². The molecule has 10 aromatic rings. The third-order valence-corrected chi connectivity index (χ3v) is 10.3. The summed E-state index contributed by atoms with van der Waals surface area (Å²) in [6, 6.07) is 72.3. The van der Waals surface area contributed by atoms with Crippen LogP contribution in [0.2, 0.25) is 0 Å².